The first kappa shape index (κ1) is 13.4. The smallest absolute Gasteiger partial charge is 0.0506 e. The van der Waals surface area contributed by atoms with Gasteiger partial charge in [-0.25, -0.2) is 0 Å². The summed E-state index contributed by atoms with van der Waals surface area (Å²) in [6.07, 6.45) is 6.26. The van der Waals surface area contributed by atoms with E-state index in [2.05, 4.69) is 34.6 Å². The highest BCUT2D eigenvalue weighted by Gasteiger charge is 2.25. The van der Waals surface area contributed by atoms with E-state index in [1.807, 2.05) is 0 Å². The van der Waals surface area contributed by atoms with Crippen molar-refractivity contribution in [2.75, 3.05) is 19.8 Å². The Morgan fingerprint density at radius 2 is 2.14 bits per heavy atom. The van der Waals surface area contributed by atoms with Crippen molar-refractivity contribution >= 4 is 10.9 Å². The van der Waals surface area contributed by atoms with Crippen LogP contribution in [0, 0.1) is 5.92 Å². The topological polar surface area (TPSA) is 37.0 Å². The van der Waals surface area contributed by atoms with Crippen LogP contribution in [0.3, 0.4) is 0 Å². The summed E-state index contributed by atoms with van der Waals surface area (Å²) < 4.78 is 5.59. The highest BCUT2D eigenvalue weighted by atomic mass is 16.5. The van der Waals surface area contributed by atoms with Crippen LogP contribution in [0.1, 0.15) is 43.0 Å². The zero-order valence-corrected chi connectivity index (χ0v) is 12.5. The lowest BCUT2D eigenvalue weighted by Gasteiger charge is -2.28. The molecular formula is C18H24N2O. The number of H-pyrrole nitrogens is 1. The lowest BCUT2D eigenvalue weighted by atomic mass is 9.91. The van der Waals surface area contributed by atoms with Gasteiger partial charge in [0, 0.05) is 35.8 Å². The van der Waals surface area contributed by atoms with E-state index >= 15 is 0 Å². The zero-order chi connectivity index (χ0) is 14.1. The lowest BCUT2D eigenvalue weighted by molar-refractivity contribution is 0.0535. The first-order valence-corrected chi connectivity index (χ1v) is 8.32. The van der Waals surface area contributed by atoms with Crippen molar-refractivity contribution in [1.82, 2.24) is 10.3 Å². The normalized spacial score (nSPS) is 25.9. The largest absolute Gasteiger partial charge is 0.381 e. The molecule has 0 amide bonds. The number of aromatic amines is 1. The molecule has 4 rings (SSSR count). The average Bonchev–Trinajstić information content (AvgIpc) is 2.93. The van der Waals surface area contributed by atoms with Crippen molar-refractivity contribution in [3.05, 3.63) is 35.5 Å². The molecule has 2 aromatic rings. The van der Waals surface area contributed by atoms with E-state index in [0.717, 1.165) is 19.8 Å². The first-order chi connectivity index (χ1) is 10.4. The summed E-state index contributed by atoms with van der Waals surface area (Å²) in [5.74, 6) is 0.688. The molecule has 1 saturated heterocycles. The molecule has 21 heavy (non-hydrogen) atoms. The Kier molecular flexibility index (Phi) is 3.70. The first-order valence-electron chi connectivity index (χ1n) is 8.32. The van der Waals surface area contributed by atoms with Gasteiger partial charge in [-0.05, 0) is 49.7 Å². The van der Waals surface area contributed by atoms with Crippen LogP contribution in [0.15, 0.2) is 24.3 Å². The Bertz CT molecular complexity index is 613. The molecule has 3 nitrogen and oxygen atoms in total. The fourth-order valence-corrected chi connectivity index (χ4v) is 3.90. The molecule has 0 spiro atoms. The maximum absolute atomic E-state index is 5.59. The molecule has 0 bridgehead atoms. The number of nitrogens with one attached hydrogen (secondary N) is 2. The van der Waals surface area contributed by atoms with Crippen molar-refractivity contribution in [3.8, 4) is 0 Å². The summed E-state index contributed by atoms with van der Waals surface area (Å²) in [5, 5.41) is 5.21. The molecule has 1 aliphatic heterocycles. The number of ether oxygens (including phenoxy) is 1. The molecule has 2 N–H and O–H groups in total. The number of rotatable bonds is 3. The molecule has 1 aromatic carbocycles. The quantitative estimate of drug-likeness (QED) is 0.904. The molecular weight excluding hydrogens is 260 g/mol. The second kappa shape index (κ2) is 5.82. The predicted molar refractivity (Wildman–Crippen MR) is 85.5 cm³/mol. The van der Waals surface area contributed by atoms with E-state index in [4.69, 9.17) is 4.74 Å². The monoisotopic (exact) mass is 284 g/mol. The number of hydrogen-bond acceptors (Lipinski definition) is 2. The average molecular weight is 284 g/mol. The lowest BCUT2D eigenvalue weighted by Crippen LogP contribution is -2.33. The summed E-state index contributed by atoms with van der Waals surface area (Å²) in [4.78, 5) is 3.66. The Labute approximate surface area is 126 Å². The molecule has 2 atom stereocenters. The van der Waals surface area contributed by atoms with Gasteiger partial charge in [-0.2, -0.15) is 0 Å². The fourth-order valence-electron chi connectivity index (χ4n) is 3.90. The standard InChI is InChI=1S/C18H24N2O/c1-2-8-16-14(6-1)15-7-3-9-17(18(15)20-16)19-11-13-5-4-10-21-12-13/h1-2,6,8,13,17,19-20H,3-5,7,9-12H2. The van der Waals surface area contributed by atoms with Crippen LogP contribution >= 0.6 is 0 Å². The Hall–Kier alpha value is -1.32. The SMILES string of the molecule is c1ccc2c3c([nH]c2c1)C(NCC1CCCOC1)CCC3. The molecule has 1 fully saturated rings. The molecule has 2 aliphatic rings. The van der Waals surface area contributed by atoms with Gasteiger partial charge < -0.3 is 15.0 Å². The van der Waals surface area contributed by atoms with Gasteiger partial charge in [0.25, 0.3) is 0 Å². The molecule has 112 valence electrons. The van der Waals surface area contributed by atoms with Gasteiger partial charge in [-0.15, -0.1) is 0 Å². The Morgan fingerprint density at radius 3 is 3.05 bits per heavy atom. The van der Waals surface area contributed by atoms with Crippen molar-refractivity contribution in [2.24, 2.45) is 5.92 Å². The highest BCUT2D eigenvalue weighted by molar-refractivity contribution is 5.85. The summed E-state index contributed by atoms with van der Waals surface area (Å²) >= 11 is 0. The third-order valence-electron chi connectivity index (χ3n) is 5.02. The van der Waals surface area contributed by atoms with Gasteiger partial charge >= 0.3 is 0 Å². The molecule has 0 radical (unpaired) electrons. The third kappa shape index (κ3) is 2.60. The zero-order valence-electron chi connectivity index (χ0n) is 12.5. The van der Waals surface area contributed by atoms with E-state index in [9.17, 15) is 0 Å². The minimum absolute atomic E-state index is 0.489. The molecule has 3 heteroatoms. The van der Waals surface area contributed by atoms with Gasteiger partial charge in [0.1, 0.15) is 0 Å². The number of aromatic nitrogens is 1. The van der Waals surface area contributed by atoms with Crippen LogP contribution < -0.4 is 5.32 Å². The number of para-hydroxylation sites is 1. The number of aryl methyl sites for hydroxylation is 1. The van der Waals surface area contributed by atoms with Crippen LogP contribution in [-0.4, -0.2) is 24.7 Å². The summed E-state index contributed by atoms with van der Waals surface area (Å²) in [7, 11) is 0. The van der Waals surface area contributed by atoms with Crippen LogP contribution in [0.4, 0.5) is 0 Å². The van der Waals surface area contributed by atoms with Crippen LogP contribution in [0.2, 0.25) is 0 Å². The van der Waals surface area contributed by atoms with Gasteiger partial charge in [-0.1, -0.05) is 18.2 Å². The number of benzene rings is 1. The van der Waals surface area contributed by atoms with Crippen molar-refractivity contribution in [1.29, 1.82) is 0 Å². The second-order valence-corrected chi connectivity index (χ2v) is 6.50. The summed E-state index contributed by atoms with van der Waals surface area (Å²) in [6.45, 7) is 2.96. The van der Waals surface area contributed by atoms with Gasteiger partial charge in [0.05, 0.1) is 6.61 Å². The van der Waals surface area contributed by atoms with Gasteiger partial charge in [0.15, 0.2) is 0 Å². The van der Waals surface area contributed by atoms with E-state index in [0.29, 0.717) is 12.0 Å². The maximum Gasteiger partial charge on any atom is 0.0506 e. The molecule has 1 aromatic heterocycles. The van der Waals surface area contributed by atoms with Gasteiger partial charge in [0.2, 0.25) is 0 Å². The maximum atomic E-state index is 5.59. The Morgan fingerprint density at radius 1 is 1.19 bits per heavy atom. The third-order valence-corrected chi connectivity index (χ3v) is 5.02. The van der Waals surface area contributed by atoms with Crippen molar-refractivity contribution in [2.45, 2.75) is 38.1 Å². The molecule has 2 unspecified atom stereocenters. The summed E-state index contributed by atoms with van der Waals surface area (Å²) in [6, 6.07) is 9.20. The predicted octanol–water partition coefficient (Wildman–Crippen LogP) is 3.56. The highest BCUT2D eigenvalue weighted by Crippen LogP contribution is 2.34. The molecule has 0 saturated carbocycles. The van der Waals surface area contributed by atoms with E-state index in [-0.39, 0.29) is 0 Å². The Balaban J connectivity index is 1.52. The number of fused-ring (bicyclic) bond motifs is 3. The molecule has 1 aliphatic carbocycles. The molecule has 2 heterocycles. The van der Waals surface area contributed by atoms with Crippen molar-refractivity contribution < 1.29 is 4.74 Å². The van der Waals surface area contributed by atoms with E-state index in [1.54, 1.807) is 0 Å². The number of hydrogen-bond donors (Lipinski definition) is 2. The minimum Gasteiger partial charge on any atom is -0.381 e. The minimum atomic E-state index is 0.489. The van der Waals surface area contributed by atoms with E-state index in [1.165, 1.54) is 54.3 Å². The van der Waals surface area contributed by atoms with Crippen LogP contribution in [0.5, 0.6) is 0 Å². The second-order valence-electron chi connectivity index (χ2n) is 6.50. The summed E-state index contributed by atoms with van der Waals surface area (Å²) in [5.41, 5.74) is 4.26. The van der Waals surface area contributed by atoms with Crippen LogP contribution in [-0.2, 0) is 11.2 Å². The fraction of sp³-hybridized carbons (Fsp3) is 0.556. The van der Waals surface area contributed by atoms with Gasteiger partial charge in [-0.3, -0.25) is 0 Å². The van der Waals surface area contributed by atoms with Crippen LogP contribution in [0.25, 0.3) is 10.9 Å². The van der Waals surface area contributed by atoms with Crippen molar-refractivity contribution in [3.63, 3.8) is 0 Å². The van der Waals surface area contributed by atoms with E-state index < -0.39 is 0 Å².